The van der Waals surface area contributed by atoms with Gasteiger partial charge in [0.15, 0.2) is 0 Å². The van der Waals surface area contributed by atoms with E-state index in [4.69, 9.17) is 5.14 Å². The molecule has 0 bridgehead atoms. The van der Waals surface area contributed by atoms with Gasteiger partial charge in [-0.25, -0.2) is 13.6 Å². The third kappa shape index (κ3) is 3.63. The smallest absolute Gasteiger partial charge is 0.254 e. The van der Waals surface area contributed by atoms with Crippen LogP contribution in [0.15, 0.2) is 23.1 Å². The summed E-state index contributed by atoms with van der Waals surface area (Å²) in [7, 11) is -3.80. The number of benzene rings is 1. The molecular formula is C15H22N2O3S. The summed E-state index contributed by atoms with van der Waals surface area (Å²) in [6, 6.07) is 4.45. The van der Waals surface area contributed by atoms with Crippen LogP contribution in [-0.4, -0.2) is 32.3 Å². The van der Waals surface area contributed by atoms with Crippen molar-refractivity contribution in [3.8, 4) is 0 Å². The van der Waals surface area contributed by atoms with Gasteiger partial charge in [0.2, 0.25) is 10.0 Å². The first-order valence-electron chi connectivity index (χ1n) is 7.25. The molecule has 21 heavy (non-hydrogen) atoms. The summed E-state index contributed by atoms with van der Waals surface area (Å²) in [5.41, 5.74) is 1.18. The van der Waals surface area contributed by atoms with Gasteiger partial charge in [0.1, 0.15) is 0 Å². The zero-order chi connectivity index (χ0) is 15.6. The SMILES string of the molecule is CCN(CC1CCC1)C(=O)c1cc(S(N)(=O)=O)ccc1C. The van der Waals surface area contributed by atoms with E-state index in [1.807, 2.05) is 6.92 Å². The molecule has 1 saturated carbocycles. The average molecular weight is 310 g/mol. The molecular weight excluding hydrogens is 288 g/mol. The molecule has 0 spiro atoms. The molecule has 2 rings (SSSR count). The zero-order valence-electron chi connectivity index (χ0n) is 12.5. The molecule has 0 aromatic heterocycles. The second-order valence-corrected chi connectivity index (χ2v) is 7.22. The lowest BCUT2D eigenvalue weighted by atomic mass is 9.85. The van der Waals surface area contributed by atoms with Crippen LogP contribution >= 0.6 is 0 Å². The summed E-state index contributed by atoms with van der Waals surface area (Å²) >= 11 is 0. The minimum absolute atomic E-state index is 0.0175. The van der Waals surface area contributed by atoms with Crippen LogP contribution < -0.4 is 5.14 Å². The van der Waals surface area contributed by atoms with Gasteiger partial charge >= 0.3 is 0 Å². The molecule has 0 saturated heterocycles. The van der Waals surface area contributed by atoms with Crippen LogP contribution in [0.3, 0.4) is 0 Å². The number of nitrogens with zero attached hydrogens (tertiary/aromatic N) is 1. The highest BCUT2D eigenvalue weighted by Crippen LogP contribution is 2.28. The Hall–Kier alpha value is -1.40. The summed E-state index contributed by atoms with van der Waals surface area (Å²) in [5, 5.41) is 5.14. The quantitative estimate of drug-likeness (QED) is 0.902. The van der Waals surface area contributed by atoms with Gasteiger partial charge in [-0.3, -0.25) is 4.79 Å². The lowest BCUT2D eigenvalue weighted by molar-refractivity contribution is 0.0705. The molecule has 6 heteroatoms. The Morgan fingerprint density at radius 1 is 1.38 bits per heavy atom. The van der Waals surface area contributed by atoms with E-state index < -0.39 is 10.0 Å². The monoisotopic (exact) mass is 310 g/mol. The number of hydrogen-bond acceptors (Lipinski definition) is 3. The highest BCUT2D eigenvalue weighted by Gasteiger charge is 2.24. The van der Waals surface area contributed by atoms with Crippen molar-refractivity contribution in [3.63, 3.8) is 0 Å². The number of rotatable bonds is 5. The lowest BCUT2D eigenvalue weighted by Gasteiger charge is -2.32. The Balaban J connectivity index is 2.27. The molecule has 0 heterocycles. The van der Waals surface area contributed by atoms with E-state index in [-0.39, 0.29) is 10.8 Å². The predicted molar refractivity (Wildman–Crippen MR) is 81.5 cm³/mol. The van der Waals surface area contributed by atoms with Gasteiger partial charge in [0, 0.05) is 18.7 Å². The number of carbonyl (C=O) groups excluding carboxylic acids is 1. The molecule has 116 valence electrons. The standard InChI is InChI=1S/C15H22N2O3S/c1-3-17(10-12-5-4-6-12)15(18)14-9-13(21(16,19)20)8-7-11(14)2/h7-9,12H,3-6,10H2,1-2H3,(H2,16,19,20). The third-order valence-corrected chi connectivity index (χ3v) is 5.05. The molecule has 1 amide bonds. The number of primary sulfonamides is 1. The highest BCUT2D eigenvalue weighted by molar-refractivity contribution is 7.89. The fraction of sp³-hybridized carbons (Fsp3) is 0.533. The number of nitrogens with two attached hydrogens (primary N) is 1. The summed E-state index contributed by atoms with van der Waals surface area (Å²) in [6.07, 6.45) is 3.57. The normalized spacial score (nSPS) is 15.6. The topological polar surface area (TPSA) is 80.5 Å². The van der Waals surface area contributed by atoms with Gasteiger partial charge in [0.25, 0.3) is 5.91 Å². The van der Waals surface area contributed by atoms with Gasteiger partial charge in [-0.15, -0.1) is 0 Å². The Morgan fingerprint density at radius 3 is 2.52 bits per heavy atom. The molecule has 0 unspecified atom stereocenters. The van der Waals surface area contributed by atoms with E-state index in [0.717, 1.165) is 12.1 Å². The molecule has 0 aliphatic heterocycles. The Labute approximate surface area is 126 Å². The molecule has 0 atom stereocenters. The maximum absolute atomic E-state index is 12.6. The molecule has 1 aromatic carbocycles. The Bertz CT molecular complexity index is 636. The van der Waals surface area contributed by atoms with E-state index in [2.05, 4.69) is 0 Å². The molecule has 2 N–H and O–H groups in total. The third-order valence-electron chi connectivity index (χ3n) is 4.14. The summed E-state index contributed by atoms with van der Waals surface area (Å²) in [6.45, 7) is 5.11. The van der Waals surface area contributed by atoms with Crippen LogP contribution in [0.4, 0.5) is 0 Å². The van der Waals surface area contributed by atoms with Crippen LogP contribution in [-0.2, 0) is 10.0 Å². The second kappa shape index (κ2) is 6.15. The number of hydrogen-bond donors (Lipinski definition) is 1. The fourth-order valence-corrected chi connectivity index (χ4v) is 3.06. The molecule has 1 fully saturated rings. The van der Waals surface area contributed by atoms with E-state index in [9.17, 15) is 13.2 Å². The first-order valence-corrected chi connectivity index (χ1v) is 8.80. The second-order valence-electron chi connectivity index (χ2n) is 5.66. The fourth-order valence-electron chi connectivity index (χ4n) is 2.52. The number of carbonyl (C=O) groups is 1. The van der Waals surface area contributed by atoms with Crippen molar-refractivity contribution in [2.24, 2.45) is 11.1 Å². The Kier molecular flexibility index (Phi) is 4.68. The van der Waals surface area contributed by atoms with Crippen LogP contribution in [0.1, 0.15) is 42.1 Å². The first kappa shape index (κ1) is 16.0. The van der Waals surface area contributed by atoms with Gasteiger partial charge in [-0.2, -0.15) is 0 Å². The molecule has 1 aliphatic rings. The number of amides is 1. The lowest BCUT2D eigenvalue weighted by Crippen LogP contribution is -2.37. The van der Waals surface area contributed by atoms with Crippen LogP contribution in [0.2, 0.25) is 0 Å². The molecule has 5 nitrogen and oxygen atoms in total. The van der Waals surface area contributed by atoms with Crippen molar-refractivity contribution in [1.29, 1.82) is 0 Å². The largest absolute Gasteiger partial charge is 0.339 e. The summed E-state index contributed by atoms with van der Waals surface area (Å²) in [4.78, 5) is 14.4. The van der Waals surface area contributed by atoms with Crippen molar-refractivity contribution in [1.82, 2.24) is 4.90 Å². The van der Waals surface area contributed by atoms with Crippen LogP contribution in [0.25, 0.3) is 0 Å². The maximum Gasteiger partial charge on any atom is 0.254 e. The van der Waals surface area contributed by atoms with Crippen LogP contribution in [0.5, 0.6) is 0 Å². The highest BCUT2D eigenvalue weighted by atomic mass is 32.2. The molecule has 1 aromatic rings. The van der Waals surface area contributed by atoms with Gasteiger partial charge < -0.3 is 4.90 Å². The summed E-state index contributed by atoms with van der Waals surface area (Å²) < 4.78 is 22.9. The summed E-state index contributed by atoms with van der Waals surface area (Å²) in [5.74, 6) is 0.461. The number of sulfonamides is 1. The average Bonchev–Trinajstić information content (AvgIpc) is 2.36. The van der Waals surface area contributed by atoms with E-state index in [1.54, 1.807) is 17.9 Å². The van der Waals surface area contributed by atoms with E-state index >= 15 is 0 Å². The van der Waals surface area contributed by atoms with Crippen molar-refractivity contribution >= 4 is 15.9 Å². The van der Waals surface area contributed by atoms with Crippen molar-refractivity contribution in [2.45, 2.75) is 38.0 Å². The van der Waals surface area contributed by atoms with Crippen molar-refractivity contribution in [3.05, 3.63) is 29.3 Å². The van der Waals surface area contributed by atoms with Crippen molar-refractivity contribution in [2.75, 3.05) is 13.1 Å². The first-order chi connectivity index (χ1) is 9.82. The Morgan fingerprint density at radius 2 is 2.05 bits per heavy atom. The number of aryl methyl sites for hydroxylation is 1. The maximum atomic E-state index is 12.6. The zero-order valence-corrected chi connectivity index (χ0v) is 13.3. The molecule has 1 aliphatic carbocycles. The van der Waals surface area contributed by atoms with Crippen LogP contribution in [0, 0.1) is 12.8 Å². The van der Waals surface area contributed by atoms with Gasteiger partial charge in [-0.1, -0.05) is 12.5 Å². The van der Waals surface area contributed by atoms with E-state index in [1.165, 1.54) is 31.4 Å². The van der Waals surface area contributed by atoms with E-state index in [0.29, 0.717) is 18.0 Å². The minimum Gasteiger partial charge on any atom is -0.339 e. The van der Waals surface area contributed by atoms with Gasteiger partial charge in [0.05, 0.1) is 4.90 Å². The van der Waals surface area contributed by atoms with Gasteiger partial charge in [-0.05, 0) is 50.3 Å². The minimum atomic E-state index is -3.80. The van der Waals surface area contributed by atoms with Crippen molar-refractivity contribution < 1.29 is 13.2 Å². The molecule has 0 radical (unpaired) electrons. The predicted octanol–water partition coefficient (Wildman–Crippen LogP) is 1.90.